The number of hydrogen-bond donors (Lipinski definition) is 1. The number of anilines is 1. The first-order valence-electron chi connectivity index (χ1n) is 6.51. The number of rotatable bonds is 6. The number of benzene rings is 1. The Balaban J connectivity index is 3.14. The summed E-state index contributed by atoms with van der Waals surface area (Å²) in [7, 11) is 0. The molecule has 0 aliphatic carbocycles. The molecule has 0 saturated heterocycles. The first-order chi connectivity index (χ1) is 8.86. The topological polar surface area (TPSA) is 66.6 Å². The number of aliphatic hydroxyl groups excluding tert-OH is 1. The third-order valence-corrected chi connectivity index (χ3v) is 2.95. The fraction of sp³-hybridized carbons (Fsp3) is 0.571. The van der Waals surface area contributed by atoms with E-state index in [9.17, 15) is 15.2 Å². The van der Waals surface area contributed by atoms with Crippen molar-refractivity contribution in [2.75, 3.05) is 11.4 Å². The van der Waals surface area contributed by atoms with Crippen LogP contribution in [0.4, 0.5) is 11.4 Å². The molecule has 0 amide bonds. The molecule has 1 aromatic carbocycles. The van der Waals surface area contributed by atoms with Gasteiger partial charge in [0.1, 0.15) is 0 Å². The Kier molecular flexibility index (Phi) is 5.30. The summed E-state index contributed by atoms with van der Waals surface area (Å²) in [6.45, 7) is 8.99. The van der Waals surface area contributed by atoms with E-state index in [-0.39, 0.29) is 12.3 Å². The molecule has 0 aliphatic heterocycles. The second-order valence-corrected chi connectivity index (χ2v) is 5.37. The smallest absolute Gasteiger partial charge is 0.275 e. The highest BCUT2D eigenvalue weighted by Crippen LogP contribution is 2.26. The Labute approximate surface area is 114 Å². The number of hydrogen-bond acceptors (Lipinski definition) is 4. The quantitative estimate of drug-likeness (QED) is 0.635. The molecule has 1 N–H and O–H groups in total. The molecule has 0 aliphatic rings. The van der Waals surface area contributed by atoms with Gasteiger partial charge >= 0.3 is 0 Å². The number of nitrogens with zero attached hydrogens (tertiary/aromatic N) is 2. The van der Waals surface area contributed by atoms with Crippen molar-refractivity contribution in [3.63, 3.8) is 0 Å². The van der Waals surface area contributed by atoms with E-state index in [4.69, 9.17) is 0 Å². The van der Waals surface area contributed by atoms with Crippen LogP contribution < -0.4 is 4.90 Å². The third kappa shape index (κ3) is 3.92. The molecule has 0 saturated carbocycles. The molecule has 0 unspecified atom stereocenters. The van der Waals surface area contributed by atoms with Gasteiger partial charge in [0.25, 0.3) is 5.69 Å². The van der Waals surface area contributed by atoms with Gasteiger partial charge in [0, 0.05) is 24.3 Å². The molecule has 106 valence electrons. The van der Waals surface area contributed by atoms with E-state index < -0.39 is 4.92 Å². The molecule has 5 nitrogen and oxygen atoms in total. The largest absolute Gasteiger partial charge is 0.391 e. The second kappa shape index (κ2) is 6.52. The fourth-order valence-electron chi connectivity index (χ4n) is 2.06. The van der Waals surface area contributed by atoms with Gasteiger partial charge < -0.3 is 10.0 Å². The van der Waals surface area contributed by atoms with Crippen LogP contribution in [0.1, 0.15) is 33.3 Å². The zero-order valence-corrected chi connectivity index (χ0v) is 12.0. The summed E-state index contributed by atoms with van der Waals surface area (Å²) < 4.78 is 0. The van der Waals surface area contributed by atoms with E-state index >= 15 is 0 Å². The molecule has 0 aromatic heterocycles. The second-order valence-electron chi connectivity index (χ2n) is 5.37. The molecular weight excluding hydrogens is 244 g/mol. The van der Waals surface area contributed by atoms with Gasteiger partial charge in [0.05, 0.1) is 17.1 Å². The van der Waals surface area contributed by atoms with Gasteiger partial charge in [-0.1, -0.05) is 13.8 Å². The molecule has 1 rings (SSSR count). The van der Waals surface area contributed by atoms with Crippen molar-refractivity contribution in [1.29, 1.82) is 0 Å². The lowest BCUT2D eigenvalue weighted by atomic mass is 10.1. The van der Waals surface area contributed by atoms with Crippen LogP contribution in [0.5, 0.6) is 0 Å². The molecule has 0 radical (unpaired) electrons. The first kappa shape index (κ1) is 15.4. The van der Waals surface area contributed by atoms with E-state index in [0.29, 0.717) is 17.5 Å². The molecular formula is C14H22N2O3. The van der Waals surface area contributed by atoms with Crippen LogP contribution in [0.25, 0.3) is 0 Å². The predicted octanol–water partition coefficient (Wildman–Crippen LogP) is 2.96. The van der Waals surface area contributed by atoms with E-state index in [1.807, 2.05) is 0 Å². The summed E-state index contributed by atoms with van der Waals surface area (Å²) in [6.07, 6.45) is 0. The van der Waals surface area contributed by atoms with Crippen LogP contribution in [-0.2, 0) is 6.61 Å². The third-order valence-electron chi connectivity index (χ3n) is 2.95. The van der Waals surface area contributed by atoms with Gasteiger partial charge in [-0.3, -0.25) is 10.1 Å². The average molecular weight is 266 g/mol. The van der Waals surface area contributed by atoms with E-state index in [2.05, 4.69) is 32.6 Å². The van der Waals surface area contributed by atoms with Crippen molar-refractivity contribution in [3.8, 4) is 0 Å². The zero-order chi connectivity index (χ0) is 14.6. The summed E-state index contributed by atoms with van der Waals surface area (Å²) in [5, 5.41) is 20.1. The maximum atomic E-state index is 10.9. The zero-order valence-electron chi connectivity index (χ0n) is 12.0. The summed E-state index contributed by atoms with van der Waals surface area (Å²) in [4.78, 5) is 12.6. The summed E-state index contributed by atoms with van der Waals surface area (Å²) in [5.41, 5.74) is 1.25. The predicted molar refractivity (Wildman–Crippen MR) is 76.3 cm³/mol. The van der Waals surface area contributed by atoms with Crippen LogP contribution in [0.15, 0.2) is 18.2 Å². The van der Waals surface area contributed by atoms with Gasteiger partial charge in [0.2, 0.25) is 0 Å². The minimum atomic E-state index is -0.461. The molecule has 0 fully saturated rings. The number of nitro benzene ring substituents is 1. The fourth-order valence-corrected chi connectivity index (χ4v) is 2.06. The van der Waals surface area contributed by atoms with Crippen molar-refractivity contribution >= 4 is 11.4 Å². The lowest BCUT2D eigenvalue weighted by Gasteiger charge is -2.31. The van der Waals surface area contributed by atoms with Crippen molar-refractivity contribution in [2.24, 2.45) is 5.92 Å². The molecule has 5 heteroatoms. The first-order valence-corrected chi connectivity index (χ1v) is 6.51. The SMILES string of the molecule is CC(C)CN(c1ccc([N+](=O)[O-])c(CO)c1)C(C)C. The van der Waals surface area contributed by atoms with Crippen LogP contribution >= 0.6 is 0 Å². The minimum Gasteiger partial charge on any atom is -0.391 e. The van der Waals surface area contributed by atoms with Gasteiger partial charge in [0.15, 0.2) is 0 Å². The lowest BCUT2D eigenvalue weighted by molar-refractivity contribution is -0.385. The maximum absolute atomic E-state index is 10.9. The molecule has 19 heavy (non-hydrogen) atoms. The maximum Gasteiger partial charge on any atom is 0.275 e. The van der Waals surface area contributed by atoms with Crippen molar-refractivity contribution < 1.29 is 10.0 Å². The highest BCUT2D eigenvalue weighted by molar-refractivity contribution is 5.56. The normalized spacial score (nSPS) is 11.1. The highest BCUT2D eigenvalue weighted by Gasteiger charge is 2.18. The van der Waals surface area contributed by atoms with Crippen LogP contribution in [0, 0.1) is 16.0 Å². The molecule has 0 heterocycles. The summed E-state index contributed by atoms with van der Waals surface area (Å²) in [6, 6.07) is 5.23. The van der Waals surface area contributed by atoms with Crippen LogP contribution in [-0.4, -0.2) is 22.6 Å². The van der Waals surface area contributed by atoms with Crippen molar-refractivity contribution in [2.45, 2.75) is 40.3 Å². The average Bonchev–Trinajstić information content (AvgIpc) is 2.34. The molecule has 0 atom stereocenters. The Morgan fingerprint density at radius 1 is 1.32 bits per heavy atom. The number of nitro groups is 1. The Morgan fingerprint density at radius 2 is 1.95 bits per heavy atom. The summed E-state index contributed by atoms with van der Waals surface area (Å²) >= 11 is 0. The standard InChI is InChI=1S/C14H22N2O3/c1-10(2)8-15(11(3)4)13-5-6-14(16(18)19)12(7-13)9-17/h5-7,10-11,17H,8-9H2,1-4H3. The Morgan fingerprint density at radius 3 is 2.37 bits per heavy atom. The molecule has 0 bridgehead atoms. The van der Waals surface area contributed by atoms with E-state index in [0.717, 1.165) is 12.2 Å². The van der Waals surface area contributed by atoms with Crippen molar-refractivity contribution in [3.05, 3.63) is 33.9 Å². The van der Waals surface area contributed by atoms with Gasteiger partial charge in [-0.2, -0.15) is 0 Å². The Hall–Kier alpha value is -1.62. The van der Waals surface area contributed by atoms with Gasteiger partial charge in [-0.15, -0.1) is 0 Å². The summed E-state index contributed by atoms with van der Waals surface area (Å²) in [5.74, 6) is 0.496. The lowest BCUT2D eigenvalue weighted by Crippen LogP contribution is -2.34. The Bertz CT molecular complexity index is 444. The molecule has 0 spiro atoms. The minimum absolute atomic E-state index is 0.0282. The van der Waals surface area contributed by atoms with Gasteiger partial charge in [-0.25, -0.2) is 0 Å². The molecule has 1 aromatic rings. The van der Waals surface area contributed by atoms with Crippen molar-refractivity contribution in [1.82, 2.24) is 0 Å². The van der Waals surface area contributed by atoms with E-state index in [1.165, 1.54) is 6.07 Å². The highest BCUT2D eigenvalue weighted by atomic mass is 16.6. The van der Waals surface area contributed by atoms with E-state index in [1.54, 1.807) is 12.1 Å². The monoisotopic (exact) mass is 266 g/mol. The van der Waals surface area contributed by atoms with Gasteiger partial charge in [-0.05, 0) is 31.9 Å². The number of aliphatic hydroxyl groups is 1. The van der Waals surface area contributed by atoms with Crippen LogP contribution in [0.2, 0.25) is 0 Å². The van der Waals surface area contributed by atoms with Crippen LogP contribution in [0.3, 0.4) is 0 Å².